The van der Waals surface area contributed by atoms with Gasteiger partial charge in [-0.05, 0) is 47.0 Å². The molecule has 9 heteroatoms. The van der Waals surface area contributed by atoms with E-state index in [1.165, 1.54) is 48.6 Å². The van der Waals surface area contributed by atoms with Crippen LogP contribution in [0.25, 0.3) is 24.3 Å². The van der Waals surface area contributed by atoms with Crippen molar-refractivity contribution in [2.24, 2.45) is 0 Å². The fraction of sp³-hybridized carbons (Fsp3) is 0.192. The Morgan fingerprint density at radius 2 is 1.23 bits per heavy atom. The molecule has 3 aromatic rings. The summed E-state index contributed by atoms with van der Waals surface area (Å²) in [5.74, 6) is -0.0290. The van der Waals surface area contributed by atoms with Crippen molar-refractivity contribution >= 4 is 24.3 Å². The lowest BCUT2D eigenvalue weighted by molar-refractivity contribution is -0.722. The highest BCUT2D eigenvalue weighted by atomic mass is 19.4. The number of pyridine rings is 1. The van der Waals surface area contributed by atoms with Gasteiger partial charge in [-0.1, -0.05) is 36.4 Å². The van der Waals surface area contributed by atoms with Gasteiger partial charge in [0.05, 0.1) is 0 Å². The van der Waals surface area contributed by atoms with Crippen LogP contribution in [0, 0.1) is 0 Å². The van der Waals surface area contributed by atoms with E-state index in [1.54, 1.807) is 42.5 Å². The van der Waals surface area contributed by atoms with Gasteiger partial charge in [-0.2, -0.15) is 26.5 Å². The monoisotopic (exact) mass is 496 g/mol. The third-order valence-electron chi connectivity index (χ3n) is 4.86. The van der Waals surface area contributed by atoms with Crippen LogP contribution in [0.5, 0.6) is 5.75 Å². The van der Waals surface area contributed by atoms with Crippen LogP contribution < -0.4 is 9.30 Å². The minimum absolute atomic E-state index is 0.0290. The predicted molar refractivity (Wildman–Crippen MR) is 120 cm³/mol. The van der Waals surface area contributed by atoms with Crippen molar-refractivity contribution in [2.45, 2.75) is 32.2 Å². The number of ether oxygens (including phenoxy) is 1. The van der Waals surface area contributed by atoms with Crippen molar-refractivity contribution in [2.75, 3.05) is 0 Å². The Labute approximate surface area is 197 Å². The molecule has 1 aromatic heterocycles. The number of aromatic nitrogens is 1. The lowest BCUT2D eigenvalue weighted by Gasteiger charge is -2.08. The molecule has 0 amide bonds. The zero-order valence-electron chi connectivity index (χ0n) is 18.2. The Morgan fingerprint density at radius 1 is 0.714 bits per heavy atom. The van der Waals surface area contributed by atoms with Gasteiger partial charge in [0.25, 0.3) is 0 Å². The van der Waals surface area contributed by atoms with E-state index in [-0.39, 0.29) is 23.6 Å². The van der Waals surface area contributed by atoms with Gasteiger partial charge in [0.1, 0.15) is 5.75 Å². The first-order valence-corrected chi connectivity index (χ1v) is 10.5. The van der Waals surface area contributed by atoms with E-state index in [0.717, 1.165) is 4.57 Å². The van der Waals surface area contributed by atoms with Crippen LogP contribution in [0.15, 0.2) is 66.7 Å². The molecule has 0 fully saturated rings. The van der Waals surface area contributed by atoms with E-state index >= 15 is 0 Å². The lowest BCUT2D eigenvalue weighted by atomic mass is 10.1. The molecule has 1 heterocycles. The Hall–Kier alpha value is -3.62. The quantitative estimate of drug-likeness (QED) is 0.224. The Balaban J connectivity index is 1.86. The third kappa shape index (κ3) is 8.59. The second-order valence-electron chi connectivity index (χ2n) is 7.53. The Morgan fingerprint density at radius 3 is 1.69 bits per heavy atom. The van der Waals surface area contributed by atoms with Crippen molar-refractivity contribution in [1.82, 2.24) is 0 Å². The van der Waals surface area contributed by atoms with Gasteiger partial charge in [0.15, 0.2) is 0 Å². The van der Waals surface area contributed by atoms with Crippen LogP contribution in [-0.2, 0) is 13.0 Å². The zero-order chi connectivity index (χ0) is 25.4. The number of rotatable bonds is 9. The van der Waals surface area contributed by atoms with Gasteiger partial charge < -0.3 is 4.74 Å². The predicted octanol–water partition coefficient (Wildman–Crippen LogP) is 7.29. The summed E-state index contributed by atoms with van der Waals surface area (Å²) in [5, 5.41) is 0. The minimum atomic E-state index is -4.48. The zero-order valence-corrected chi connectivity index (χ0v) is 18.2. The molecule has 2 aromatic carbocycles. The van der Waals surface area contributed by atoms with E-state index in [2.05, 4.69) is 4.74 Å². The smallest absolute Gasteiger partial charge is 0.435 e. The summed E-state index contributed by atoms with van der Waals surface area (Å²) in [4.78, 5) is 0. The number of hydrogen-bond acceptors (Lipinski definition) is 1. The molecule has 0 aliphatic carbocycles. The molecule has 2 nitrogen and oxygen atoms in total. The van der Waals surface area contributed by atoms with Crippen molar-refractivity contribution in [3.63, 3.8) is 0 Å². The Kier molecular flexibility index (Phi) is 8.68. The molecule has 184 valence electrons. The highest BCUT2D eigenvalue weighted by Crippen LogP contribution is 2.19. The van der Waals surface area contributed by atoms with Gasteiger partial charge >= 0.3 is 12.8 Å². The molecule has 0 radical (unpaired) electrons. The summed E-state index contributed by atoms with van der Waals surface area (Å²) in [6.07, 6.45) is -1.15. The molecule has 0 spiro atoms. The van der Waals surface area contributed by atoms with Gasteiger partial charge in [0.2, 0.25) is 24.4 Å². The molecule has 3 rings (SSSR count). The molecule has 35 heavy (non-hydrogen) atoms. The summed E-state index contributed by atoms with van der Waals surface area (Å²) in [6.45, 7) is -4.19. The maximum atomic E-state index is 13.3. The molecule has 0 unspecified atom stereocenters. The van der Waals surface area contributed by atoms with E-state index in [9.17, 15) is 30.7 Å². The van der Waals surface area contributed by atoms with Crippen molar-refractivity contribution < 1.29 is 40.0 Å². The first kappa shape index (κ1) is 26.0. The number of alkyl halides is 7. The van der Waals surface area contributed by atoms with E-state index in [1.807, 2.05) is 0 Å². The first-order valence-electron chi connectivity index (χ1n) is 10.5. The topological polar surface area (TPSA) is 13.1 Å². The molecule has 0 bridgehead atoms. The molecule has 0 N–H and O–H groups in total. The summed E-state index contributed by atoms with van der Waals surface area (Å²) in [7, 11) is 0. The maximum absolute atomic E-state index is 13.3. The van der Waals surface area contributed by atoms with Crippen molar-refractivity contribution in [1.29, 1.82) is 0 Å². The number of nitrogens with zero attached hydrogens (tertiary/aromatic N) is 1. The van der Waals surface area contributed by atoms with Crippen LogP contribution in [0.4, 0.5) is 30.7 Å². The SMILES string of the molecule is FC(F)Cc1ccc(/C=C/c2cccc(/C=C/c3ccc(OC(F)F)cc3)[n+]2CC(F)(F)F)cc1. The average molecular weight is 496 g/mol. The molecular formula is C26H21F7NO+. The lowest BCUT2D eigenvalue weighted by Crippen LogP contribution is -2.46. The summed E-state index contributed by atoms with van der Waals surface area (Å²) >= 11 is 0. The first-order chi connectivity index (χ1) is 16.6. The molecule has 0 saturated heterocycles. The molecule has 0 atom stereocenters. The molecule has 0 aliphatic rings. The molecule has 0 saturated carbocycles. The fourth-order valence-corrected chi connectivity index (χ4v) is 3.29. The standard InChI is InChI=1S/C26H21F7NO/c27-24(28)16-20-6-4-18(5-7-20)8-12-21-2-1-3-22(34(21)17-26(31,32)33)13-9-19-10-14-23(15-11-19)35-25(29)30/h1-15,24-25H,16-17H2/q+1/b12-8+,13-9+. The molecule has 0 aliphatic heterocycles. The number of benzene rings is 2. The third-order valence-corrected chi connectivity index (χ3v) is 4.86. The van der Waals surface area contributed by atoms with Crippen LogP contribution in [0.1, 0.15) is 28.1 Å². The highest BCUT2D eigenvalue weighted by Gasteiger charge is 2.35. The number of hydrogen-bond donors (Lipinski definition) is 0. The van der Waals surface area contributed by atoms with Crippen molar-refractivity contribution in [3.8, 4) is 5.75 Å². The average Bonchev–Trinajstić information content (AvgIpc) is 2.77. The van der Waals surface area contributed by atoms with Gasteiger partial charge in [-0.25, -0.2) is 8.78 Å². The van der Waals surface area contributed by atoms with Gasteiger partial charge in [-0.15, -0.1) is 0 Å². The minimum Gasteiger partial charge on any atom is -0.435 e. The van der Waals surface area contributed by atoms with E-state index < -0.39 is 25.8 Å². The molecular weight excluding hydrogens is 475 g/mol. The van der Waals surface area contributed by atoms with Crippen molar-refractivity contribution in [3.05, 3.63) is 94.8 Å². The summed E-state index contributed by atoms with van der Waals surface area (Å²) in [6, 6.07) is 16.7. The van der Waals surface area contributed by atoms with Gasteiger partial charge in [0, 0.05) is 30.7 Å². The van der Waals surface area contributed by atoms with E-state index in [4.69, 9.17) is 0 Å². The second-order valence-corrected chi connectivity index (χ2v) is 7.53. The maximum Gasteiger partial charge on any atom is 0.448 e. The van der Waals surface area contributed by atoms with E-state index in [0.29, 0.717) is 16.7 Å². The number of halogens is 7. The Bertz CT molecular complexity index is 1070. The van der Waals surface area contributed by atoms with Crippen LogP contribution in [-0.4, -0.2) is 19.2 Å². The van der Waals surface area contributed by atoms with Gasteiger partial charge in [-0.3, -0.25) is 0 Å². The second kappa shape index (κ2) is 11.7. The van der Waals surface area contributed by atoms with Crippen LogP contribution >= 0.6 is 0 Å². The summed E-state index contributed by atoms with van der Waals surface area (Å²) in [5.41, 5.74) is 2.24. The normalized spacial score (nSPS) is 12.4. The fourth-order valence-electron chi connectivity index (χ4n) is 3.29. The summed E-state index contributed by atoms with van der Waals surface area (Å²) < 4.78 is 94.9. The van der Waals surface area contributed by atoms with Crippen LogP contribution in [0.2, 0.25) is 0 Å². The largest absolute Gasteiger partial charge is 0.448 e. The van der Waals surface area contributed by atoms with Crippen LogP contribution in [0.3, 0.4) is 0 Å². The highest BCUT2D eigenvalue weighted by molar-refractivity contribution is 5.69.